The second-order valence-corrected chi connectivity index (χ2v) is 10.7. The van der Waals surface area contributed by atoms with Gasteiger partial charge in [-0.15, -0.1) is 15.2 Å². The Kier molecular flexibility index (Phi) is 8.28. The van der Waals surface area contributed by atoms with E-state index in [1.54, 1.807) is 19.9 Å². The van der Waals surface area contributed by atoms with E-state index in [0.717, 1.165) is 6.42 Å². The lowest BCUT2D eigenvalue weighted by Gasteiger charge is -2.39. The van der Waals surface area contributed by atoms with Crippen LogP contribution in [0, 0.1) is 17.0 Å². The molecule has 2 N–H and O–H groups in total. The number of sulfonamides is 1. The summed E-state index contributed by atoms with van der Waals surface area (Å²) in [5.74, 6) is 1.20. The third-order valence-electron chi connectivity index (χ3n) is 6.13. The Morgan fingerprint density at radius 2 is 2.05 bits per heavy atom. The fraction of sp³-hybridized carbons (Fsp3) is 0.522. The number of ether oxygens (including phenoxy) is 1. The first kappa shape index (κ1) is 27.5. The van der Waals surface area contributed by atoms with Crippen molar-refractivity contribution in [3.8, 4) is 17.1 Å². The standard InChI is InChI=1S/C23H31N7O7S/c1-4-7-20-24-15(3)21-23(31)25-22(26-29(20)21)18-12-17(8-9-19(18)36-5-2)38(34,35)27-16-13-28(14-16)10-6-11-37-30(32)33/h8-9,12,16,27H,4-7,10-11,13-14H2,1-3H3,(H,25,26,31). The monoisotopic (exact) mass is 549 g/mol. The molecule has 1 aliphatic heterocycles. The molecule has 38 heavy (non-hydrogen) atoms. The summed E-state index contributed by atoms with van der Waals surface area (Å²) >= 11 is 0. The van der Waals surface area contributed by atoms with Crippen LogP contribution in [-0.4, -0.2) is 76.9 Å². The number of nitrogens with zero attached hydrogens (tertiary/aromatic N) is 5. The summed E-state index contributed by atoms with van der Waals surface area (Å²) in [6.45, 7) is 7.41. The number of H-pyrrole nitrogens is 1. The molecule has 3 aromatic rings. The molecule has 2 aromatic heterocycles. The van der Waals surface area contributed by atoms with Gasteiger partial charge in [-0.05, 0) is 44.9 Å². The molecule has 206 valence electrons. The highest BCUT2D eigenvalue weighted by molar-refractivity contribution is 7.89. The molecule has 0 saturated carbocycles. The number of aromatic nitrogens is 4. The molecule has 1 aromatic carbocycles. The van der Waals surface area contributed by atoms with Crippen LogP contribution in [0.4, 0.5) is 0 Å². The molecule has 1 fully saturated rings. The molecule has 0 aliphatic carbocycles. The third kappa shape index (κ3) is 5.95. The average Bonchev–Trinajstić information content (AvgIpc) is 3.15. The lowest BCUT2D eigenvalue weighted by atomic mass is 10.1. The molecule has 1 saturated heterocycles. The fourth-order valence-corrected chi connectivity index (χ4v) is 5.67. The van der Waals surface area contributed by atoms with E-state index in [-0.39, 0.29) is 28.9 Å². The number of aromatic amines is 1. The number of benzene rings is 1. The van der Waals surface area contributed by atoms with Crippen LogP contribution in [-0.2, 0) is 21.3 Å². The molecule has 0 radical (unpaired) electrons. The molecule has 3 heterocycles. The van der Waals surface area contributed by atoms with Crippen molar-refractivity contribution in [1.29, 1.82) is 0 Å². The molecule has 0 bridgehead atoms. The topological polar surface area (TPSA) is 174 Å². The molecule has 0 amide bonds. The Bertz CT molecular complexity index is 1480. The molecule has 14 nitrogen and oxygen atoms in total. The number of nitrogens with one attached hydrogen (secondary N) is 2. The van der Waals surface area contributed by atoms with Crippen molar-refractivity contribution < 1.29 is 23.1 Å². The van der Waals surface area contributed by atoms with Gasteiger partial charge in [-0.3, -0.25) is 4.79 Å². The summed E-state index contributed by atoms with van der Waals surface area (Å²) < 4.78 is 36.3. The van der Waals surface area contributed by atoms with Gasteiger partial charge in [0.2, 0.25) is 10.0 Å². The number of aryl methyl sites for hydroxylation is 2. The molecular weight excluding hydrogens is 518 g/mol. The highest BCUT2D eigenvalue weighted by atomic mass is 32.2. The van der Waals surface area contributed by atoms with Crippen molar-refractivity contribution in [3.63, 3.8) is 0 Å². The summed E-state index contributed by atoms with van der Waals surface area (Å²) in [6.07, 6.45) is 1.91. The normalized spacial score (nSPS) is 14.5. The van der Waals surface area contributed by atoms with Gasteiger partial charge in [0.15, 0.2) is 11.3 Å². The summed E-state index contributed by atoms with van der Waals surface area (Å²) in [4.78, 5) is 36.7. The number of likely N-dealkylation sites (tertiary alicyclic amines) is 1. The number of rotatable bonds is 13. The van der Waals surface area contributed by atoms with Gasteiger partial charge < -0.3 is 19.5 Å². The van der Waals surface area contributed by atoms with Gasteiger partial charge in [0.1, 0.15) is 11.6 Å². The summed E-state index contributed by atoms with van der Waals surface area (Å²) in [5, 5.41) is 14.0. The van der Waals surface area contributed by atoms with Crippen LogP contribution < -0.4 is 15.0 Å². The molecule has 0 unspecified atom stereocenters. The maximum atomic E-state index is 13.2. The van der Waals surface area contributed by atoms with Gasteiger partial charge in [0, 0.05) is 32.1 Å². The minimum Gasteiger partial charge on any atom is -0.493 e. The predicted octanol–water partition coefficient (Wildman–Crippen LogP) is 1.31. The van der Waals surface area contributed by atoms with Crippen LogP contribution in [0.5, 0.6) is 5.75 Å². The average molecular weight is 550 g/mol. The largest absolute Gasteiger partial charge is 0.493 e. The van der Waals surface area contributed by atoms with Crippen molar-refractivity contribution in [2.75, 3.05) is 32.8 Å². The molecule has 0 spiro atoms. The zero-order valence-corrected chi connectivity index (χ0v) is 22.3. The van der Waals surface area contributed by atoms with E-state index < -0.39 is 15.1 Å². The van der Waals surface area contributed by atoms with Crippen LogP contribution in [0.25, 0.3) is 16.9 Å². The van der Waals surface area contributed by atoms with Gasteiger partial charge in [-0.2, -0.15) is 0 Å². The highest BCUT2D eigenvalue weighted by Crippen LogP contribution is 2.30. The van der Waals surface area contributed by atoms with Crippen LogP contribution in [0.2, 0.25) is 0 Å². The number of fused-ring (bicyclic) bond motifs is 1. The third-order valence-corrected chi connectivity index (χ3v) is 7.65. The van der Waals surface area contributed by atoms with E-state index in [1.807, 2.05) is 11.8 Å². The van der Waals surface area contributed by atoms with E-state index in [2.05, 4.69) is 24.6 Å². The van der Waals surface area contributed by atoms with E-state index in [0.29, 0.717) is 67.4 Å². The first-order chi connectivity index (χ1) is 18.1. The van der Waals surface area contributed by atoms with Gasteiger partial charge >= 0.3 is 0 Å². The SMILES string of the molecule is CCCc1nc(C)c2c(=O)[nH]c(-c3cc(S(=O)(=O)NC4CN(CCCO[N+](=O)[O-])C4)ccc3OCC)nn12. The zero-order valence-electron chi connectivity index (χ0n) is 21.5. The predicted molar refractivity (Wildman–Crippen MR) is 137 cm³/mol. The summed E-state index contributed by atoms with van der Waals surface area (Å²) in [6, 6.07) is 4.13. The van der Waals surface area contributed by atoms with E-state index in [9.17, 15) is 23.3 Å². The Balaban J connectivity index is 1.57. The number of hydrogen-bond donors (Lipinski definition) is 2. The van der Waals surface area contributed by atoms with Crippen molar-refractivity contribution in [2.24, 2.45) is 0 Å². The molecule has 15 heteroatoms. The van der Waals surface area contributed by atoms with E-state index >= 15 is 0 Å². The van der Waals surface area contributed by atoms with Crippen LogP contribution in [0.1, 0.15) is 38.2 Å². The lowest BCUT2D eigenvalue weighted by Crippen LogP contribution is -2.59. The quantitative estimate of drug-likeness (QED) is 0.180. The second kappa shape index (κ2) is 11.4. The summed E-state index contributed by atoms with van der Waals surface area (Å²) in [7, 11) is -3.89. The maximum absolute atomic E-state index is 13.2. The fourth-order valence-electron chi connectivity index (χ4n) is 4.43. The molecule has 0 atom stereocenters. The highest BCUT2D eigenvalue weighted by Gasteiger charge is 2.31. The molecular formula is C23H31N7O7S. The van der Waals surface area contributed by atoms with Gasteiger partial charge in [-0.25, -0.2) is 22.6 Å². The Morgan fingerprint density at radius 3 is 2.74 bits per heavy atom. The Morgan fingerprint density at radius 1 is 1.29 bits per heavy atom. The van der Waals surface area contributed by atoms with Crippen LogP contribution >= 0.6 is 0 Å². The van der Waals surface area contributed by atoms with Crippen LogP contribution in [0.3, 0.4) is 0 Å². The van der Waals surface area contributed by atoms with Crippen molar-refractivity contribution in [3.05, 3.63) is 50.2 Å². The first-order valence-corrected chi connectivity index (χ1v) is 13.9. The van der Waals surface area contributed by atoms with Gasteiger partial charge in [-0.1, -0.05) is 6.92 Å². The van der Waals surface area contributed by atoms with Gasteiger partial charge in [0.25, 0.3) is 10.6 Å². The summed E-state index contributed by atoms with van der Waals surface area (Å²) in [5.41, 5.74) is 0.872. The van der Waals surface area contributed by atoms with Gasteiger partial charge in [0.05, 0.1) is 29.4 Å². The minimum atomic E-state index is -3.89. The van der Waals surface area contributed by atoms with Crippen LogP contribution in [0.15, 0.2) is 27.9 Å². The minimum absolute atomic E-state index is 0.00461. The number of hydrogen-bond acceptors (Lipinski definition) is 10. The zero-order chi connectivity index (χ0) is 27.4. The molecule has 4 rings (SSSR count). The maximum Gasteiger partial charge on any atom is 0.294 e. The van der Waals surface area contributed by atoms with Crippen molar-refractivity contribution in [2.45, 2.75) is 51.0 Å². The second-order valence-electron chi connectivity index (χ2n) is 9.01. The van der Waals surface area contributed by atoms with Crippen molar-refractivity contribution >= 4 is 15.5 Å². The van der Waals surface area contributed by atoms with Crippen molar-refractivity contribution in [1.82, 2.24) is 29.2 Å². The Hall–Kier alpha value is -3.56. The Labute approximate surface area is 219 Å². The smallest absolute Gasteiger partial charge is 0.294 e. The van der Waals surface area contributed by atoms with E-state index in [1.165, 1.54) is 16.6 Å². The number of imidazole rings is 1. The molecule has 1 aliphatic rings. The van der Waals surface area contributed by atoms with E-state index in [4.69, 9.17) is 4.74 Å². The first-order valence-electron chi connectivity index (χ1n) is 12.4. The lowest BCUT2D eigenvalue weighted by molar-refractivity contribution is -0.757.